The molecule has 0 saturated heterocycles. The van der Waals surface area contributed by atoms with Crippen LogP contribution in [0.15, 0.2) is 17.1 Å². The minimum absolute atomic E-state index is 0.0158. The van der Waals surface area contributed by atoms with Crippen molar-refractivity contribution in [2.75, 3.05) is 5.75 Å². The van der Waals surface area contributed by atoms with Gasteiger partial charge < -0.3 is 0 Å². The lowest BCUT2D eigenvalue weighted by atomic mass is 10.1. The van der Waals surface area contributed by atoms with Crippen LogP contribution in [0.5, 0.6) is 0 Å². The maximum Gasteiger partial charge on any atom is 0.266 e. The molecule has 0 fully saturated rings. The molecule has 0 N–H and O–H groups in total. The summed E-state index contributed by atoms with van der Waals surface area (Å²) >= 11 is 4.29. The van der Waals surface area contributed by atoms with Crippen LogP contribution in [-0.4, -0.2) is 15.5 Å². The fraction of sp³-hybridized carbons (Fsp3) is 0.636. The third kappa shape index (κ3) is 3.70. The predicted octanol–water partition coefficient (Wildman–Crippen LogP) is 1.90. The van der Waals surface area contributed by atoms with Crippen molar-refractivity contribution in [2.45, 2.75) is 33.2 Å². The van der Waals surface area contributed by atoms with Gasteiger partial charge in [-0.15, -0.1) is 0 Å². The van der Waals surface area contributed by atoms with E-state index in [1.54, 1.807) is 12.3 Å². The molecule has 1 heterocycles. The monoisotopic (exact) mass is 226 g/mol. The molecule has 15 heavy (non-hydrogen) atoms. The third-order valence-corrected chi connectivity index (χ3v) is 2.91. The normalized spacial score (nSPS) is 12.7. The number of hydrogen-bond donors (Lipinski definition) is 1. The second-order valence-electron chi connectivity index (χ2n) is 3.89. The molecule has 0 aliphatic rings. The van der Waals surface area contributed by atoms with Crippen LogP contribution >= 0.6 is 12.6 Å². The van der Waals surface area contributed by atoms with Gasteiger partial charge in [-0.1, -0.05) is 13.3 Å². The highest BCUT2D eigenvalue weighted by Crippen LogP contribution is 2.09. The Morgan fingerprint density at radius 1 is 1.60 bits per heavy atom. The zero-order chi connectivity index (χ0) is 11.3. The van der Waals surface area contributed by atoms with Crippen molar-refractivity contribution in [3.8, 4) is 0 Å². The van der Waals surface area contributed by atoms with E-state index < -0.39 is 0 Å². The van der Waals surface area contributed by atoms with Crippen molar-refractivity contribution < 1.29 is 0 Å². The van der Waals surface area contributed by atoms with E-state index in [0.29, 0.717) is 12.5 Å². The van der Waals surface area contributed by atoms with Crippen molar-refractivity contribution in [1.82, 2.24) is 9.78 Å². The van der Waals surface area contributed by atoms with Crippen LogP contribution in [0.25, 0.3) is 0 Å². The number of rotatable bonds is 5. The Balaban J connectivity index is 2.75. The summed E-state index contributed by atoms with van der Waals surface area (Å²) in [6, 6.07) is 1.62. The van der Waals surface area contributed by atoms with E-state index in [2.05, 4.69) is 24.7 Å². The lowest BCUT2D eigenvalue weighted by Gasteiger charge is -2.13. The number of thiol groups is 1. The highest BCUT2D eigenvalue weighted by Gasteiger charge is 2.08. The fourth-order valence-corrected chi connectivity index (χ4v) is 1.85. The highest BCUT2D eigenvalue weighted by molar-refractivity contribution is 7.80. The van der Waals surface area contributed by atoms with Gasteiger partial charge in [0.1, 0.15) is 0 Å². The number of hydrogen-bond acceptors (Lipinski definition) is 3. The van der Waals surface area contributed by atoms with Crippen molar-refractivity contribution in [3.05, 3.63) is 28.2 Å². The van der Waals surface area contributed by atoms with Gasteiger partial charge in [0.15, 0.2) is 0 Å². The summed E-state index contributed by atoms with van der Waals surface area (Å²) < 4.78 is 1.53. The van der Waals surface area contributed by atoms with Crippen molar-refractivity contribution in [2.24, 2.45) is 5.92 Å². The number of aromatic nitrogens is 2. The first-order valence-corrected chi connectivity index (χ1v) is 5.95. The second-order valence-corrected chi connectivity index (χ2v) is 4.26. The first-order chi connectivity index (χ1) is 7.17. The molecule has 0 bridgehead atoms. The lowest BCUT2D eigenvalue weighted by molar-refractivity contribution is 0.414. The molecule has 0 amide bonds. The van der Waals surface area contributed by atoms with Crippen molar-refractivity contribution >= 4 is 12.6 Å². The summed E-state index contributed by atoms with van der Waals surface area (Å²) in [5.74, 6) is 1.24. The Morgan fingerprint density at radius 3 is 2.87 bits per heavy atom. The Kier molecular flexibility index (Phi) is 4.88. The minimum atomic E-state index is -0.0158. The second kappa shape index (κ2) is 5.95. The minimum Gasteiger partial charge on any atom is -0.268 e. The van der Waals surface area contributed by atoms with Crippen LogP contribution in [0, 0.1) is 12.8 Å². The summed E-state index contributed by atoms with van der Waals surface area (Å²) in [7, 11) is 0. The molecule has 1 atom stereocenters. The molecule has 84 valence electrons. The van der Waals surface area contributed by atoms with Gasteiger partial charge in [-0.25, -0.2) is 4.68 Å². The standard InChI is InChI=1S/C11H18N2OS/c1-3-4-10(8-15)7-13-11(14)5-9(2)6-12-13/h5-6,10,15H,3-4,7-8H2,1-2H3. The number of aryl methyl sites for hydroxylation is 1. The highest BCUT2D eigenvalue weighted by atomic mass is 32.1. The number of nitrogens with zero attached hydrogens (tertiary/aromatic N) is 2. The van der Waals surface area contributed by atoms with Crippen LogP contribution in [-0.2, 0) is 6.54 Å². The largest absolute Gasteiger partial charge is 0.268 e. The van der Waals surface area contributed by atoms with E-state index in [-0.39, 0.29) is 5.56 Å². The summed E-state index contributed by atoms with van der Waals surface area (Å²) in [6.07, 6.45) is 3.93. The summed E-state index contributed by atoms with van der Waals surface area (Å²) in [5, 5.41) is 4.12. The fourth-order valence-electron chi connectivity index (χ4n) is 1.55. The molecule has 0 aliphatic carbocycles. The van der Waals surface area contributed by atoms with Crippen LogP contribution in [0.2, 0.25) is 0 Å². The van der Waals surface area contributed by atoms with Gasteiger partial charge in [0.25, 0.3) is 5.56 Å². The average molecular weight is 226 g/mol. The smallest absolute Gasteiger partial charge is 0.266 e. The van der Waals surface area contributed by atoms with E-state index in [0.717, 1.165) is 24.2 Å². The first kappa shape index (κ1) is 12.3. The lowest BCUT2D eigenvalue weighted by Crippen LogP contribution is -2.26. The average Bonchev–Trinajstić information content (AvgIpc) is 2.21. The van der Waals surface area contributed by atoms with Crippen LogP contribution < -0.4 is 5.56 Å². The molecular weight excluding hydrogens is 208 g/mol. The predicted molar refractivity (Wildman–Crippen MR) is 65.5 cm³/mol. The van der Waals surface area contributed by atoms with Crippen molar-refractivity contribution in [1.29, 1.82) is 0 Å². The Hall–Kier alpha value is -0.770. The van der Waals surface area contributed by atoms with Gasteiger partial charge in [0.05, 0.1) is 6.20 Å². The molecular formula is C11H18N2OS. The zero-order valence-corrected chi connectivity index (χ0v) is 10.2. The van der Waals surface area contributed by atoms with Crippen LogP contribution in [0.4, 0.5) is 0 Å². The van der Waals surface area contributed by atoms with Gasteiger partial charge in [-0.2, -0.15) is 17.7 Å². The maximum absolute atomic E-state index is 11.6. The van der Waals surface area contributed by atoms with Crippen molar-refractivity contribution in [3.63, 3.8) is 0 Å². The molecule has 1 unspecified atom stereocenters. The summed E-state index contributed by atoms with van der Waals surface area (Å²) in [5.41, 5.74) is 0.895. The van der Waals surface area contributed by atoms with Crippen LogP contribution in [0.1, 0.15) is 25.3 Å². The first-order valence-electron chi connectivity index (χ1n) is 5.32. The Labute approximate surface area is 95.9 Å². The Morgan fingerprint density at radius 2 is 2.33 bits per heavy atom. The molecule has 1 rings (SSSR count). The van der Waals surface area contributed by atoms with Gasteiger partial charge in [-0.05, 0) is 30.6 Å². The molecule has 0 spiro atoms. The maximum atomic E-state index is 11.6. The summed E-state index contributed by atoms with van der Waals surface area (Å²) in [6.45, 7) is 4.69. The van der Waals surface area contributed by atoms with Gasteiger partial charge in [0, 0.05) is 12.6 Å². The van der Waals surface area contributed by atoms with Gasteiger partial charge >= 0.3 is 0 Å². The van der Waals surface area contributed by atoms with E-state index in [4.69, 9.17) is 0 Å². The summed E-state index contributed by atoms with van der Waals surface area (Å²) in [4.78, 5) is 11.6. The van der Waals surface area contributed by atoms with Crippen LogP contribution in [0.3, 0.4) is 0 Å². The third-order valence-electron chi connectivity index (χ3n) is 2.39. The molecule has 4 heteroatoms. The molecule has 0 aromatic carbocycles. The van der Waals surface area contributed by atoms with Gasteiger partial charge in [-0.3, -0.25) is 4.79 Å². The van der Waals surface area contributed by atoms with Gasteiger partial charge in [0.2, 0.25) is 0 Å². The van der Waals surface area contributed by atoms with E-state index in [1.165, 1.54) is 4.68 Å². The molecule has 1 aromatic heterocycles. The van der Waals surface area contributed by atoms with E-state index >= 15 is 0 Å². The van der Waals surface area contributed by atoms with E-state index in [9.17, 15) is 4.79 Å². The topological polar surface area (TPSA) is 34.9 Å². The quantitative estimate of drug-likeness (QED) is 0.778. The molecule has 1 aromatic rings. The van der Waals surface area contributed by atoms with E-state index in [1.807, 2.05) is 6.92 Å². The Bertz CT molecular complexity index is 362. The SMILES string of the molecule is CCCC(CS)Cn1ncc(C)cc1=O. The molecule has 0 aliphatic heterocycles. The zero-order valence-electron chi connectivity index (χ0n) is 9.31. The molecule has 0 radical (unpaired) electrons. The molecule has 0 saturated carbocycles. The molecule has 3 nitrogen and oxygen atoms in total.